The Morgan fingerprint density at radius 1 is 1.33 bits per heavy atom. The van der Waals surface area contributed by atoms with Gasteiger partial charge in [0.05, 0.1) is 28.2 Å². The molecule has 1 aromatic rings. The van der Waals surface area contributed by atoms with E-state index in [0.29, 0.717) is 30.9 Å². The number of nitrogens with two attached hydrogens (primary N) is 2. The van der Waals surface area contributed by atoms with Crippen molar-refractivity contribution in [2.24, 2.45) is 11.7 Å². The number of rotatable bonds is 4. The molecular weight excluding hydrogens is 315 g/mol. The van der Waals surface area contributed by atoms with E-state index in [1.54, 1.807) is 0 Å². The second kappa shape index (κ2) is 6.51. The third-order valence-corrected chi connectivity index (χ3v) is 3.97. The summed E-state index contributed by atoms with van der Waals surface area (Å²) >= 11 is 12.0. The lowest BCUT2D eigenvalue weighted by Gasteiger charge is -2.16. The van der Waals surface area contributed by atoms with Crippen LogP contribution in [0.5, 0.6) is 0 Å². The Labute approximate surface area is 132 Å². The number of nitrogen functional groups attached to an aromatic ring is 1. The molecule has 0 saturated carbocycles. The van der Waals surface area contributed by atoms with Gasteiger partial charge in [-0.15, -0.1) is 0 Å². The number of nitrogens with one attached hydrogen (secondary N) is 1. The highest BCUT2D eigenvalue weighted by Crippen LogP contribution is 2.32. The zero-order valence-electron chi connectivity index (χ0n) is 11.2. The fraction of sp³-hybridized carbons (Fsp3) is 0.385. The van der Waals surface area contributed by atoms with E-state index < -0.39 is 0 Å². The smallest absolute Gasteiger partial charge is 0.238 e. The number of carbonyl (C=O) groups is 2. The Hall–Kier alpha value is -1.50. The number of nitrogens with zero attached hydrogens (tertiary/aromatic N) is 1. The molecule has 1 heterocycles. The van der Waals surface area contributed by atoms with Crippen molar-refractivity contribution in [3.63, 3.8) is 0 Å². The molecule has 1 aliphatic rings. The molecule has 1 fully saturated rings. The van der Waals surface area contributed by atoms with Crippen LogP contribution in [0.15, 0.2) is 12.1 Å². The number of carbonyl (C=O) groups excluding carboxylic acids is 2. The van der Waals surface area contributed by atoms with Crippen molar-refractivity contribution in [1.29, 1.82) is 0 Å². The molecule has 6 nitrogen and oxygen atoms in total. The first kappa shape index (κ1) is 15.9. The van der Waals surface area contributed by atoms with E-state index in [4.69, 9.17) is 34.7 Å². The Balaban J connectivity index is 1.96. The van der Waals surface area contributed by atoms with Crippen LogP contribution in [0.1, 0.15) is 6.42 Å². The quantitative estimate of drug-likeness (QED) is 0.724. The first-order valence-corrected chi connectivity index (χ1v) is 7.18. The zero-order chi connectivity index (χ0) is 15.6. The number of hydrogen-bond acceptors (Lipinski definition) is 4. The molecule has 2 rings (SSSR count). The highest BCUT2D eigenvalue weighted by molar-refractivity contribution is 6.40. The molecule has 1 saturated heterocycles. The lowest BCUT2D eigenvalue weighted by Crippen LogP contribution is -2.33. The molecule has 5 N–H and O–H groups in total. The van der Waals surface area contributed by atoms with E-state index in [-0.39, 0.29) is 34.3 Å². The Morgan fingerprint density at radius 3 is 2.48 bits per heavy atom. The molecule has 1 aromatic carbocycles. The normalized spacial score (nSPS) is 18.7. The number of anilines is 2. The molecule has 0 radical (unpaired) electrons. The minimum atomic E-state index is -0.331. The summed E-state index contributed by atoms with van der Waals surface area (Å²) in [5.41, 5.74) is 11.6. The number of benzene rings is 1. The van der Waals surface area contributed by atoms with Gasteiger partial charge >= 0.3 is 0 Å². The molecule has 0 spiro atoms. The summed E-state index contributed by atoms with van der Waals surface area (Å²) in [7, 11) is 0. The van der Waals surface area contributed by atoms with Gasteiger partial charge < -0.3 is 16.8 Å². The molecule has 8 heteroatoms. The minimum Gasteiger partial charge on any atom is -0.399 e. The van der Waals surface area contributed by atoms with Gasteiger partial charge in [-0.3, -0.25) is 14.5 Å². The second-order valence-corrected chi connectivity index (χ2v) is 5.85. The molecule has 2 amide bonds. The summed E-state index contributed by atoms with van der Waals surface area (Å²) in [6.45, 7) is 1.30. The van der Waals surface area contributed by atoms with Crippen molar-refractivity contribution in [3.05, 3.63) is 22.2 Å². The average Bonchev–Trinajstić information content (AvgIpc) is 2.82. The van der Waals surface area contributed by atoms with Crippen LogP contribution in [0.2, 0.25) is 10.0 Å². The first-order valence-electron chi connectivity index (χ1n) is 6.43. The summed E-state index contributed by atoms with van der Waals surface area (Å²) in [6.07, 6.45) is 0.673. The van der Waals surface area contributed by atoms with E-state index in [1.807, 2.05) is 4.90 Å². The summed E-state index contributed by atoms with van der Waals surface area (Å²) in [4.78, 5) is 25.0. The van der Waals surface area contributed by atoms with Crippen molar-refractivity contribution in [1.82, 2.24) is 4.90 Å². The number of likely N-dealkylation sites (tertiary alicyclic amines) is 1. The topological polar surface area (TPSA) is 101 Å². The predicted molar refractivity (Wildman–Crippen MR) is 83.2 cm³/mol. The zero-order valence-corrected chi connectivity index (χ0v) is 12.7. The summed E-state index contributed by atoms with van der Waals surface area (Å²) in [5, 5.41) is 3.22. The van der Waals surface area contributed by atoms with Gasteiger partial charge in [-0.05, 0) is 25.1 Å². The van der Waals surface area contributed by atoms with Gasteiger partial charge in [0, 0.05) is 12.2 Å². The lowest BCUT2D eigenvalue weighted by atomic mass is 10.1. The Bertz CT molecular complexity index is 556. The van der Waals surface area contributed by atoms with E-state index in [2.05, 4.69) is 5.32 Å². The van der Waals surface area contributed by atoms with Crippen molar-refractivity contribution in [3.8, 4) is 0 Å². The predicted octanol–water partition coefficient (Wildman–Crippen LogP) is 1.32. The summed E-state index contributed by atoms with van der Waals surface area (Å²) < 4.78 is 0. The second-order valence-electron chi connectivity index (χ2n) is 5.03. The van der Waals surface area contributed by atoms with Crippen LogP contribution in [-0.4, -0.2) is 36.3 Å². The fourth-order valence-electron chi connectivity index (χ4n) is 2.30. The molecule has 0 aliphatic carbocycles. The molecule has 114 valence electrons. The van der Waals surface area contributed by atoms with E-state index in [0.717, 1.165) is 0 Å². The maximum absolute atomic E-state index is 12.0. The lowest BCUT2D eigenvalue weighted by molar-refractivity contribution is -0.122. The number of hydrogen-bond donors (Lipinski definition) is 3. The minimum absolute atomic E-state index is 0.154. The molecular formula is C13H16Cl2N4O2. The van der Waals surface area contributed by atoms with Crippen LogP contribution in [0.3, 0.4) is 0 Å². The summed E-state index contributed by atoms with van der Waals surface area (Å²) in [6, 6.07) is 3.03. The van der Waals surface area contributed by atoms with Gasteiger partial charge in [0.2, 0.25) is 11.8 Å². The van der Waals surface area contributed by atoms with Crippen LogP contribution >= 0.6 is 23.2 Å². The maximum Gasteiger partial charge on any atom is 0.238 e. The molecule has 21 heavy (non-hydrogen) atoms. The average molecular weight is 331 g/mol. The van der Waals surface area contributed by atoms with Crippen LogP contribution in [0, 0.1) is 5.92 Å². The van der Waals surface area contributed by atoms with Gasteiger partial charge in [0.25, 0.3) is 0 Å². The van der Waals surface area contributed by atoms with E-state index in [1.165, 1.54) is 12.1 Å². The third kappa shape index (κ3) is 4.00. The first-order chi connectivity index (χ1) is 9.86. The van der Waals surface area contributed by atoms with Crippen LogP contribution in [0.4, 0.5) is 11.4 Å². The fourth-order valence-corrected chi connectivity index (χ4v) is 2.90. The van der Waals surface area contributed by atoms with Crippen LogP contribution in [0.25, 0.3) is 0 Å². The maximum atomic E-state index is 12.0. The van der Waals surface area contributed by atoms with Crippen LogP contribution in [-0.2, 0) is 9.59 Å². The van der Waals surface area contributed by atoms with Crippen molar-refractivity contribution >= 4 is 46.4 Å². The monoisotopic (exact) mass is 330 g/mol. The molecule has 0 aromatic heterocycles. The highest BCUT2D eigenvalue weighted by atomic mass is 35.5. The Kier molecular flexibility index (Phi) is 4.92. The van der Waals surface area contributed by atoms with Gasteiger partial charge in [-0.25, -0.2) is 0 Å². The highest BCUT2D eigenvalue weighted by Gasteiger charge is 2.27. The largest absolute Gasteiger partial charge is 0.399 e. The van der Waals surface area contributed by atoms with Gasteiger partial charge in [-0.2, -0.15) is 0 Å². The van der Waals surface area contributed by atoms with Crippen LogP contribution < -0.4 is 16.8 Å². The number of amides is 2. The molecule has 1 aliphatic heterocycles. The molecule has 1 atom stereocenters. The van der Waals surface area contributed by atoms with Gasteiger partial charge in [0.1, 0.15) is 0 Å². The van der Waals surface area contributed by atoms with Crippen molar-refractivity contribution in [2.75, 3.05) is 30.7 Å². The molecule has 1 unspecified atom stereocenters. The van der Waals surface area contributed by atoms with Gasteiger partial charge in [0.15, 0.2) is 0 Å². The Morgan fingerprint density at radius 2 is 1.95 bits per heavy atom. The molecule has 0 bridgehead atoms. The summed E-state index contributed by atoms with van der Waals surface area (Å²) in [5.74, 6) is -0.780. The number of halogens is 2. The van der Waals surface area contributed by atoms with Crippen molar-refractivity contribution < 1.29 is 9.59 Å². The standard InChI is InChI=1S/C13H16Cl2N4O2/c14-9-3-8(16)4-10(15)12(9)18-11(20)6-19-2-1-7(5-19)13(17)21/h3-4,7H,1-2,5-6,16H2,(H2,17,21)(H,18,20). The number of primary amides is 1. The van der Waals surface area contributed by atoms with E-state index in [9.17, 15) is 9.59 Å². The SMILES string of the molecule is NC(=O)C1CCN(CC(=O)Nc2c(Cl)cc(N)cc2Cl)C1. The van der Waals surface area contributed by atoms with Gasteiger partial charge in [-0.1, -0.05) is 23.2 Å². The third-order valence-electron chi connectivity index (χ3n) is 3.37. The van der Waals surface area contributed by atoms with Crippen molar-refractivity contribution in [2.45, 2.75) is 6.42 Å². The van der Waals surface area contributed by atoms with E-state index >= 15 is 0 Å².